The van der Waals surface area contributed by atoms with Crippen LogP contribution in [0.3, 0.4) is 0 Å². The summed E-state index contributed by atoms with van der Waals surface area (Å²) >= 11 is 1.66. The molecule has 0 aromatic heterocycles. The molecule has 1 aliphatic rings. The van der Waals surface area contributed by atoms with Crippen molar-refractivity contribution in [2.45, 2.75) is 45.0 Å². The Kier molecular flexibility index (Phi) is 5.89. The van der Waals surface area contributed by atoms with E-state index in [-0.39, 0.29) is 23.2 Å². The Hall–Kier alpha value is -1.49. The lowest BCUT2D eigenvalue weighted by atomic mass is 10.1. The van der Waals surface area contributed by atoms with Gasteiger partial charge in [-0.2, -0.15) is 0 Å². The van der Waals surface area contributed by atoms with Crippen LogP contribution in [0.2, 0.25) is 0 Å². The minimum atomic E-state index is -0.370. The van der Waals surface area contributed by atoms with Crippen molar-refractivity contribution in [3.63, 3.8) is 0 Å². The smallest absolute Gasteiger partial charge is 0.243 e. The second kappa shape index (κ2) is 7.68. The Morgan fingerprint density at radius 3 is 2.59 bits per heavy atom. The van der Waals surface area contributed by atoms with Gasteiger partial charge < -0.3 is 10.2 Å². The highest BCUT2D eigenvalue weighted by atomic mass is 32.2. The fourth-order valence-electron chi connectivity index (χ4n) is 2.59. The summed E-state index contributed by atoms with van der Waals surface area (Å²) in [6, 6.07) is 7.80. The predicted molar refractivity (Wildman–Crippen MR) is 90.6 cm³/mol. The number of benzene rings is 1. The first-order chi connectivity index (χ1) is 10.5. The van der Waals surface area contributed by atoms with Crippen molar-refractivity contribution in [1.82, 2.24) is 10.2 Å². The molecule has 0 aliphatic carbocycles. The predicted octanol–water partition coefficient (Wildman–Crippen LogP) is 2.87. The van der Waals surface area contributed by atoms with Gasteiger partial charge in [0.05, 0.1) is 0 Å². The van der Waals surface area contributed by atoms with Crippen LogP contribution in [0.4, 0.5) is 0 Å². The fourth-order valence-corrected chi connectivity index (χ4v) is 4.07. The molecule has 120 valence electrons. The molecule has 1 N–H and O–H groups in total. The topological polar surface area (TPSA) is 49.4 Å². The summed E-state index contributed by atoms with van der Waals surface area (Å²) in [6.07, 6.45) is 2.01. The molecule has 22 heavy (non-hydrogen) atoms. The van der Waals surface area contributed by atoms with Crippen LogP contribution in [-0.4, -0.2) is 35.1 Å². The van der Waals surface area contributed by atoms with Crippen LogP contribution in [0, 0.1) is 6.92 Å². The van der Waals surface area contributed by atoms with Gasteiger partial charge in [0.2, 0.25) is 11.8 Å². The Bertz CT molecular complexity index is 530. The minimum Gasteiger partial charge on any atom is -0.354 e. The Morgan fingerprint density at radius 2 is 2.00 bits per heavy atom. The van der Waals surface area contributed by atoms with Gasteiger partial charge in [0.25, 0.3) is 0 Å². The summed E-state index contributed by atoms with van der Waals surface area (Å²) in [5.74, 6) is 0.563. The monoisotopic (exact) mass is 320 g/mol. The quantitative estimate of drug-likeness (QED) is 0.849. The van der Waals surface area contributed by atoms with Gasteiger partial charge in [-0.25, -0.2) is 0 Å². The number of carbonyl (C=O) groups is 2. The molecular weight excluding hydrogens is 296 g/mol. The van der Waals surface area contributed by atoms with E-state index in [2.05, 4.69) is 12.2 Å². The van der Waals surface area contributed by atoms with Gasteiger partial charge in [0, 0.05) is 19.2 Å². The summed E-state index contributed by atoms with van der Waals surface area (Å²) in [5.41, 5.74) is 2.27. The zero-order chi connectivity index (χ0) is 16.1. The number of hydrogen-bond donors (Lipinski definition) is 1. The molecule has 2 atom stereocenters. The van der Waals surface area contributed by atoms with Gasteiger partial charge >= 0.3 is 0 Å². The Balaban J connectivity index is 2.12. The van der Waals surface area contributed by atoms with Crippen molar-refractivity contribution >= 4 is 23.6 Å². The zero-order valence-corrected chi connectivity index (χ0v) is 14.3. The summed E-state index contributed by atoms with van der Waals surface area (Å²) in [4.78, 5) is 26.1. The molecule has 0 spiro atoms. The van der Waals surface area contributed by atoms with E-state index in [0.29, 0.717) is 12.3 Å². The van der Waals surface area contributed by atoms with Gasteiger partial charge in [-0.15, -0.1) is 11.8 Å². The third-order valence-electron chi connectivity index (χ3n) is 3.86. The molecular formula is C17H24N2O2S. The third kappa shape index (κ3) is 3.83. The maximum absolute atomic E-state index is 12.3. The minimum absolute atomic E-state index is 0.0363. The summed E-state index contributed by atoms with van der Waals surface area (Å²) in [6.45, 7) is 6.35. The standard InChI is InChI=1S/C17H24N2O2S/c1-4-5-10-18-16(21)15-11-22-17(19(15)13(3)20)14-8-6-12(2)7-9-14/h6-9,15,17H,4-5,10-11H2,1-3H3,(H,18,21)/t15-,17+/m0/s1. The van der Waals surface area contributed by atoms with Crippen molar-refractivity contribution in [3.05, 3.63) is 35.4 Å². The second-order valence-corrected chi connectivity index (χ2v) is 6.80. The molecule has 0 radical (unpaired) electrons. The van der Waals surface area contributed by atoms with E-state index in [1.807, 2.05) is 31.2 Å². The van der Waals surface area contributed by atoms with Crippen molar-refractivity contribution in [3.8, 4) is 0 Å². The van der Waals surface area contributed by atoms with E-state index in [4.69, 9.17) is 0 Å². The SMILES string of the molecule is CCCCNC(=O)[C@@H]1CS[C@H](c2ccc(C)cc2)N1C(C)=O. The number of hydrogen-bond acceptors (Lipinski definition) is 3. The molecule has 5 heteroatoms. The number of amides is 2. The average molecular weight is 320 g/mol. The maximum Gasteiger partial charge on any atom is 0.243 e. The van der Waals surface area contributed by atoms with Gasteiger partial charge in [-0.05, 0) is 18.9 Å². The van der Waals surface area contributed by atoms with E-state index in [1.54, 1.807) is 23.6 Å². The van der Waals surface area contributed by atoms with Crippen LogP contribution >= 0.6 is 11.8 Å². The number of aryl methyl sites for hydroxylation is 1. The number of nitrogens with one attached hydrogen (secondary N) is 1. The van der Waals surface area contributed by atoms with Gasteiger partial charge in [0.15, 0.2) is 0 Å². The van der Waals surface area contributed by atoms with Crippen LogP contribution in [0.15, 0.2) is 24.3 Å². The van der Waals surface area contributed by atoms with Crippen molar-refractivity contribution in [2.75, 3.05) is 12.3 Å². The Morgan fingerprint density at radius 1 is 1.32 bits per heavy atom. The van der Waals surface area contributed by atoms with E-state index in [9.17, 15) is 9.59 Å². The molecule has 1 saturated heterocycles. The van der Waals surface area contributed by atoms with Crippen molar-refractivity contribution in [1.29, 1.82) is 0 Å². The maximum atomic E-state index is 12.3. The average Bonchev–Trinajstić information content (AvgIpc) is 2.93. The summed E-state index contributed by atoms with van der Waals surface area (Å²) in [5, 5.41) is 2.88. The summed E-state index contributed by atoms with van der Waals surface area (Å²) in [7, 11) is 0. The van der Waals surface area contributed by atoms with Gasteiger partial charge in [-0.1, -0.05) is 43.2 Å². The van der Waals surface area contributed by atoms with Crippen LogP contribution in [0.25, 0.3) is 0 Å². The Labute approximate surface area is 136 Å². The molecule has 1 aromatic carbocycles. The molecule has 0 unspecified atom stereocenters. The number of unbranched alkanes of at least 4 members (excludes halogenated alkanes) is 1. The van der Waals surface area contributed by atoms with E-state index in [1.165, 1.54) is 5.56 Å². The second-order valence-electron chi connectivity index (χ2n) is 5.68. The highest BCUT2D eigenvalue weighted by molar-refractivity contribution is 7.99. The molecule has 0 bridgehead atoms. The number of carbonyl (C=O) groups excluding carboxylic acids is 2. The number of rotatable bonds is 5. The molecule has 2 amide bonds. The number of nitrogens with zero attached hydrogens (tertiary/aromatic N) is 1. The van der Waals surface area contributed by atoms with Crippen LogP contribution < -0.4 is 5.32 Å². The van der Waals surface area contributed by atoms with Crippen molar-refractivity contribution in [2.24, 2.45) is 0 Å². The van der Waals surface area contributed by atoms with E-state index >= 15 is 0 Å². The molecule has 1 aliphatic heterocycles. The largest absolute Gasteiger partial charge is 0.354 e. The van der Waals surface area contributed by atoms with E-state index < -0.39 is 0 Å². The molecule has 0 saturated carbocycles. The first-order valence-electron chi connectivity index (χ1n) is 7.79. The normalized spacial score (nSPS) is 21.0. The molecule has 1 fully saturated rings. The lowest BCUT2D eigenvalue weighted by molar-refractivity contribution is -0.138. The number of thioether (sulfide) groups is 1. The summed E-state index contributed by atoms with van der Waals surface area (Å²) < 4.78 is 0. The van der Waals surface area contributed by atoms with Gasteiger partial charge in [-0.3, -0.25) is 9.59 Å². The third-order valence-corrected chi connectivity index (χ3v) is 5.18. The van der Waals surface area contributed by atoms with Crippen molar-refractivity contribution < 1.29 is 9.59 Å². The molecule has 1 aromatic rings. The highest BCUT2D eigenvalue weighted by Gasteiger charge is 2.40. The lowest BCUT2D eigenvalue weighted by Gasteiger charge is -2.28. The fraction of sp³-hybridized carbons (Fsp3) is 0.529. The van der Waals surface area contributed by atoms with Crippen LogP contribution in [-0.2, 0) is 9.59 Å². The highest BCUT2D eigenvalue weighted by Crippen LogP contribution is 2.41. The first kappa shape index (κ1) is 16.9. The first-order valence-corrected chi connectivity index (χ1v) is 8.84. The molecule has 4 nitrogen and oxygen atoms in total. The van der Waals surface area contributed by atoms with Crippen LogP contribution in [0.5, 0.6) is 0 Å². The zero-order valence-electron chi connectivity index (χ0n) is 13.5. The molecule has 2 rings (SSSR count). The van der Waals surface area contributed by atoms with Gasteiger partial charge in [0.1, 0.15) is 11.4 Å². The van der Waals surface area contributed by atoms with E-state index in [0.717, 1.165) is 18.4 Å². The van der Waals surface area contributed by atoms with Crippen LogP contribution in [0.1, 0.15) is 43.2 Å². The lowest BCUT2D eigenvalue weighted by Crippen LogP contribution is -2.47. The molecule has 1 heterocycles.